The number of hydrogen-bond acceptors (Lipinski definition) is 1. The van der Waals surface area contributed by atoms with E-state index >= 15 is 0 Å². The molecule has 0 atom stereocenters. The molecule has 0 aromatic heterocycles. The van der Waals surface area contributed by atoms with Crippen molar-refractivity contribution in [3.63, 3.8) is 0 Å². The molecular weight excluding hydrogens is 265 g/mol. The van der Waals surface area contributed by atoms with Crippen molar-refractivity contribution in [1.29, 1.82) is 0 Å². The van der Waals surface area contributed by atoms with Gasteiger partial charge in [-0.05, 0) is 55.4 Å². The Balaban J connectivity index is 1.81. The fourth-order valence-corrected chi connectivity index (χ4v) is 3.32. The second-order valence-corrected chi connectivity index (χ2v) is 6.16. The average Bonchev–Trinajstić information content (AvgIpc) is 2.36. The van der Waals surface area contributed by atoms with Crippen molar-refractivity contribution in [3.05, 3.63) is 33.8 Å². The van der Waals surface area contributed by atoms with E-state index in [4.69, 9.17) is 23.2 Å². The highest BCUT2D eigenvalue weighted by Crippen LogP contribution is 2.27. The minimum atomic E-state index is 0.658. The standard InChI is InChI=1S/C15H21Cl2N/c1-2-11-3-5-15(6-4-11)18-10-12-7-13(16)9-14(17)8-12/h7-9,11,15,18H,2-6,10H2,1H3. The van der Waals surface area contributed by atoms with Gasteiger partial charge in [0.05, 0.1) is 0 Å². The van der Waals surface area contributed by atoms with Crippen molar-refractivity contribution in [2.45, 2.75) is 51.6 Å². The van der Waals surface area contributed by atoms with Crippen molar-refractivity contribution in [1.82, 2.24) is 5.32 Å². The number of hydrogen-bond donors (Lipinski definition) is 1. The van der Waals surface area contributed by atoms with E-state index in [0.29, 0.717) is 16.1 Å². The number of halogens is 2. The topological polar surface area (TPSA) is 12.0 Å². The van der Waals surface area contributed by atoms with E-state index in [2.05, 4.69) is 12.2 Å². The maximum atomic E-state index is 6.00. The van der Waals surface area contributed by atoms with Crippen LogP contribution in [0.25, 0.3) is 0 Å². The van der Waals surface area contributed by atoms with E-state index < -0.39 is 0 Å². The first-order valence-electron chi connectivity index (χ1n) is 6.85. The molecule has 18 heavy (non-hydrogen) atoms. The molecule has 1 saturated carbocycles. The van der Waals surface area contributed by atoms with Crippen LogP contribution in [0.15, 0.2) is 18.2 Å². The molecule has 1 fully saturated rings. The zero-order chi connectivity index (χ0) is 13.0. The van der Waals surface area contributed by atoms with Gasteiger partial charge in [-0.3, -0.25) is 0 Å². The summed E-state index contributed by atoms with van der Waals surface area (Å²) < 4.78 is 0. The minimum Gasteiger partial charge on any atom is -0.310 e. The number of benzene rings is 1. The Labute approximate surface area is 120 Å². The second-order valence-electron chi connectivity index (χ2n) is 5.28. The first-order chi connectivity index (χ1) is 8.67. The summed E-state index contributed by atoms with van der Waals surface area (Å²) in [5.74, 6) is 0.948. The Morgan fingerprint density at radius 3 is 2.22 bits per heavy atom. The van der Waals surface area contributed by atoms with Crippen molar-refractivity contribution >= 4 is 23.2 Å². The van der Waals surface area contributed by atoms with Crippen molar-refractivity contribution in [2.24, 2.45) is 5.92 Å². The molecule has 1 aromatic carbocycles. The van der Waals surface area contributed by atoms with Gasteiger partial charge in [-0.15, -0.1) is 0 Å². The minimum absolute atomic E-state index is 0.658. The van der Waals surface area contributed by atoms with Crippen LogP contribution >= 0.6 is 23.2 Å². The molecule has 1 aliphatic rings. The summed E-state index contributed by atoms with van der Waals surface area (Å²) in [5.41, 5.74) is 1.17. The molecule has 0 unspecified atom stereocenters. The summed E-state index contributed by atoms with van der Waals surface area (Å²) in [6, 6.07) is 6.40. The zero-order valence-corrected chi connectivity index (χ0v) is 12.4. The summed E-state index contributed by atoms with van der Waals surface area (Å²) in [6.07, 6.45) is 6.66. The van der Waals surface area contributed by atoms with Crippen LogP contribution < -0.4 is 5.32 Å². The Morgan fingerprint density at radius 1 is 1.06 bits per heavy atom. The average molecular weight is 286 g/mol. The third-order valence-corrected chi connectivity index (χ3v) is 4.38. The van der Waals surface area contributed by atoms with Gasteiger partial charge in [-0.25, -0.2) is 0 Å². The SMILES string of the molecule is CCC1CCC(NCc2cc(Cl)cc(Cl)c2)CC1. The van der Waals surface area contributed by atoms with Gasteiger partial charge >= 0.3 is 0 Å². The summed E-state index contributed by atoms with van der Waals surface area (Å²) in [6.45, 7) is 3.16. The maximum absolute atomic E-state index is 6.00. The van der Waals surface area contributed by atoms with Gasteiger partial charge < -0.3 is 5.32 Å². The van der Waals surface area contributed by atoms with Gasteiger partial charge in [0.15, 0.2) is 0 Å². The summed E-state index contributed by atoms with van der Waals surface area (Å²) in [5, 5.41) is 5.05. The number of nitrogens with one attached hydrogen (secondary N) is 1. The number of rotatable bonds is 4. The molecule has 1 nitrogen and oxygen atoms in total. The Hall–Kier alpha value is -0.240. The summed E-state index contributed by atoms with van der Waals surface area (Å²) in [7, 11) is 0. The van der Waals surface area contributed by atoms with Crippen LogP contribution in [0.4, 0.5) is 0 Å². The Bertz CT molecular complexity index is 364. The quantitative estimate of drug-likeness (QED) is 0.816. The Kier molecular flexibility index (Phi) is 5.35. The smallest absolute Gasteiger partial charge is 0.0424 e. The predicted octanol–water partition coefficient (Wildman–Crippen LogP) is 5.05. The fourth-order valence-electron chi connectivity index (χ4n) is 2.75. The van der Waals surface area contributed by atoms with Gasteiger partial charge in [0.1, 0.15) is 0 Å². The molecule has 3 heteroatoms. The highest BCUT2D eigenvalue weighted by molar-refractivity contribution is 6.34. The molecule has 0 bridgehead atoms. The molecule has 1 aromatic rings. The van der Waals surface area contributed by atoms with E-state index in [9.17, 15) is 0 Å². The lowest BCUT2D eigenvalue weighted by Gasteiger charge is -2.28. The van der Waals surface area contributed by atoms with Crippen LogP contribution in [0.1, 0.15) is 44.6 Å². The van der Waals surface area contributed by atoms with Crippen LogP contribution in [-0.4, -0.2) is 6.04 Å². The van der Waals surface area contributed by atoms with Crippen molar-refractivity contribution in [3.8, 4) is 0 Å². The predicted molar refractivity (Wildman–Crippen MR) is 79.3 cm³/mol. The Morgan fingerprint density at radius 2 is 1.67 bits per heavy atom. The fraction of sp³-hybridized carbons (Fsp3) is 0.600. The molecule has 1 N–H and O–H groups in total. The van der Waals surface area contributed by atoms with Crippen LogP contribution in [0.3, 0.4) is 0 Å². The molecule has 0 heterocycles. The molecule has 0 saturated heterocycles. The van der Waals surface area contributed by atoms with E-state index in [-0.39, 0.29) is 0 Å². The molecular formula is C15H21Cl2N. The normalized spacial score (nSPS) is 24.2. The molecule has 0 spiro atoms. The molecule has 100 valence electrons. The van der Waals surface area contributed by atoms with Gasteiger partial charge in [0.2, 0.25) is 0 Å². The lowest BCUT2D eigenvalue weighted by atomic mass is 9.84. The van der Waals surface area contributed by atoms with Gasteiger partial charge in [0.25, 0.3) is 0 Å². The highest BCUT2D eigenvalue weighted by Gasteiger charge is 2.19. The third-order valence-electron chi connectivity index (χ3n) is 3.94. The summed E-state index contributed by atoms with van der Waals surface area (Å²) in [4.78, 5) is 0. The first kappa shape index (κ1) is 14.2. The van der Waals surface area contributed by atoms with E-state index in [1.807, 2.05) is 12.1 Å². The molecule has 0 radical (unpaired) electrons. The zero-order valence-electron chi connectivity index (χ0n) is 10.9. The van der Waals surface area contributed by atoms with E-state index in [1.165, 1.54) is 37.7 Å². The van der Waals surface area contributed by atoms with Crippen LogP contribution in [0, 0.1) is 5.92 Å². The highest BCUT2D eigenvalue weighted by atomic mass is 35.5. The molecule has 0 aliphatic heterocycles. The molecule has 2 rings (SSSR count). The van der Waals surface area contributed by atoms with Crippen LogP contribution in [0.5, 0.6) is 0 Å². The maximum Gasteiger partial charge on any atom is 0.0424 e. The van der Waals surface area contributed by atoms with E-state index in [1.54, 1.807) is 6.07 Å². The molecule has 1 aliphatic carbocycles. The third kappa shape index (κ3) is 4.15. The van der Waals surface area contributed by atoms with Crippen LogP contribution in [0.2, 0.25) is 10.0 Å². The van der Waals surface area contributed by atoms with Gasteiger partial charge in [0, 0.05) is 22.6 Å². The van der Waals surface area contributed by atoms with E-state index in [0.717, 1.165) is 12.5 Å². The second kappa shape index (κ2) is 6.79. The van der Waals surface area contributed by atoms with Crippen molar-refractivity contribution in [2.75, 3.05) is 0 Å². The monoisotopic (exact) mass is 285 g/mol. The first-order valence-corrected chi connectivity index (χ1v) is 7.61. The molecule has 0 amide bonds. The summed E-state index contributed by atoms with van der Waals surface area (Å²) >= 11 is 12.0. The van der Waals surface area contributed by atoms with Gasteiger partial charge in [-0.1, -0.05) is 36.5 Å². The lowest BCUT2D eigenvalue weighted by Crippen LogP contribution is -2.32. The lowest BCUT2D eigenvalue weighted by molar-refractivity contribution is 0.285. The van der Waals surface area contributed by atoms with Crippen molar-refractivity contribution < 1.29 is 0 Å². The largest absolute Gasteiger partial charge is 0.310 e. The van der Waals surface area contributed by atoms with Crippen LogP contribution in [-0.2, 0) is 6.54 Å². The van der Waals surface area contributed by atoms with Gasteiger partial charge in [-0.2, -0.15) is 0 Å².